The third-order valence-electron chi connectivity index (χ3n) is 5.92. The van der Waals surface area contributed by atoms with Crippen molar-refractivity contribution in [1.29, 1.82) is 0 Å². The lowest BCUT2D eigenvalue weighted by Gasteiger charge is -2.28. The molecule has 1 saturated heterocycles. The minimum Gasteiger partial charge on any atom is -0.462 e. The Morgan fingerprint density at radius 3 is 2.60 bits per heavy atom. The summed E-state index contributed by atoms with van der Waals surface area (Å²) in [5.41, 5.74) is 1.73. The van der Waals surface area contributed by atoms with Gasteiger partial charge in [-0.1, -0.05) is 0 Å². The summed E-state index contributed by atoms with van der Waals surface area (Å²) in [6.45, 7) is 4.74. The Kier molecular flexibility index (Phi) is 5.95. The van der Waals surface area contributed by atoms with E-state index in [1.54, 1.807) is 19.1 Å². The summed E-state index contributed by atoms with van der Waals surface area (Å²) in [7, 11) is -3.95. The molecule has 0 bridgehead atoms. The lowest BCUT2D eigenvalue weighted by molar-refractivity contribution is 0.0529. The molecular weight excluding hydrogens is 472 g/mol. The van der Waals surface area contributed by atoms with Crippen molar-refractivity contribution in [2.24, 2.45) is 0 Å². The van der Waals surface area contributed by atoms with Crippen LogP contribution < -0.4 is 15.2 Å². The van der Waals surface area contributed by atoms with Crippen LogP contribution in [0.5, 0.6) is 0 Å². The number of hydrogen-bond acceptors (Lipinski definition) is 7. The molecule has 0 saturated carbocycles. The number of carbonyl (C=O) groups excluding carboxylic acids is 1. The highest BCUT2D eigenvalue weighted by atomic mass is 32.2. The van der Waals surface area contributed by atoms with E-state index in [1.807, 2.05) is 12.1 Å². The Morgan fingerprint density at radius 1 is 1.14 bits per heavy atom. The van der Waals surface area contributed by atoms with E-state index in [-0.39, 0.29) is 22.6 Å². The van der Waals surface area contributed by atoms with Crippen molar-refractivity contribution in [3.63, 3.8) is 0 Å². The van der Waals surface area contributed by atoms with Crippen LogP contribution in [0.15, 0.2) is 58.4 Å². The quantitative estimate of drug-likeness (QED) is 0.350. The van der Waals surface area contributed by atoms with Crippen LogP contribution in [-0.4, -0.2) is 57.3 Å². The van der Waals surface area contributed by atoms with Crippen LogP contribution in [0.4, 0.5) is 11.4 Å². The van der Waals surface area contributed by atoms with Crippen molar-refractivity contribution in [1.82, 2.24) is 9.97 Å². The van der Waals surface area contributed by atoms with E-state index in [9.17, 15) is 18.0 Å². The molecule has 1 aliphatic rings. The third-order valence-corrected chi connectivity index (χ3v) is 7.30. The fourth-order valence-electron chi connectivity index (χ4n) is 4.22. The summed E-state index contributed by atoms with van der Waals surface area (Å²) in [6.07, 6.45) is 1.40. The zero-order valence-corrected chi connectivity index (χ0v) is 19.8. The first-order chi connectivity index (χ1) is 16.9. The van der Waals surface area contributed by atoms with Gasteiger partial charge >= 0.3 is 5.97 Å². The molecule has 0 unspecified atom stereocenters. The van der Waals surface area contributed by atoms with Gasteiger partial charge in [-0.3, -0.25) is 9.52 Å². The highest BCUT2D eigenvalue weighted by molar-refractivity contribution is 7.92. The molecule has 182 valence electrons. The topological polar surface area (TPSA) is 134 Å². The molecule has 4 aromatic rings. The monoisotopic (exact) mass is 496 g/mol. The molecule has 1 aliphatic heterocycles. The van der Waals surface area contributed by atoms with Crippen molar-refractivity contribution < 1.29 is 22.7 Å². The number of rotatable bonds is 6. The molecule has 0 amide bonds. The number of sulfonamides is 1. The first kappa shape index (κ1) is 22.9. The van der Waals surface area contributed by atoms with Crippen molar-refractivity contribution in [2.45, 2.75) is 11.8 Å². The molecule has 1 fully saturated rings. The number of esters is 1. The van der Waals surface area contributed by atoms with Gasteiger partial charge in [0.15, 0.2) is 0 Å². The number of pyridine rings is 1. The number of hydrogen-bond donors (Lipinski definition) is 3. The van der Waals surface area contributed by atoms with Crippen LogP contribution in [-0.2, 0) is 19.5 Å². The van der Waals surface area contributed by atoms with Gasteiger partial charge in [0.05, 0.1) is 30.3 Å². The summed E-state index contributed by atoms with van der Waals surface area (Å²) >= 11 is 0. The maximum absolute atomic E-state index is 13.2. The molecule has 3 N–H and O–H groups in total. The van der Waals surface area contributed by atoms with Gasteiger partial charge in [-0.25, -0.2) is 13.2 Å². The number of carbonyl (C=O) groups is 1. The standard InChI is InChI=1S/C24H24N4O6S/c1-2-34-24(30)19-14-25-22-21(19)18-13-17(7-8-20(18)26-23(22)29)35(31,32)27-15-3-5-16(6-4-15)28-9-11-33-12-10-28/h3-8,13-14,25,27H,2,9-12H2,1H3,(H,26,29). The Balaban J connectivity index is 1.50. The Morgan fingerprint density at radius 2 is 1.89 bits per heavy atom. The smallest absolute Gasteiger partial charge is 0.340 e. The number of anilines is 2. The second-order valence-corrected chi connectivity index (χ2v) is 9.77. The first-order valence-corrected chi connectivity index (χ1v) is 12.7. The Labute approximate surface area is 200 Å². The van der Waals surface area contributed by atoms with E-state index in [4.69, 9.17) is 9.47 Å². The van der Waals surface area contributed by atoms with E-state index in [0.717, 1.165) is 18.8 Å². The summed E-state index contributed by atoms with van der Waals surface area (Å²) in [6, 6.07) is 11.5. The van der Waals surface area contributed by atoms with Gasteiger partial charge in [0.2, 0.25) is 0 Å². The number of aromatic nitrogens is 2. The second kappa shape index (κ2) is 9.08. The summed E-state index contributed by atoms with van der Waals surface area (Å²) < 4.78 is 39.4. The van der Waals surface area contributed by atoms with E-state index >= 15 is 0 Å². The average molecular weight is 497 g/mol. The first-order valence-electron chi connectivity index (χ1n) is 11.2. The molecular formula is C24H24N4O6S. The number of H-pyrrole nitrogens is 2. The fourth-order valence-corrected chi connectivity index (χ4v) is 5.30. The largest absolute Gasteiger partial charge is 0.462 e. The molecule has 0 aliphatic carbocycles. The van der Waals surface area contributed by atoms with Crippen molar-refractivity contribution >= 4 is 49.2 Å². The van der Waals surface area contributed by atoms with Crippen LogP contribution in [0.1, 0.15) is 17.3 Å². The zero-order chi connectivity index (χ0) is 24.6. The molecule has 3 heterocycles. The van der Waals surface area contributed by atoms with Gasteiger partial charge in [0, 0.05) is 47.0 Å². The van der Waals surface area contributed by atoms with E-state index < -0.39 is 21.6 Å². The average Bonchev–Trinajstić information content (AvgIpc) is 3.31. The van der Waals surface area contributed by atoms with Gasteiger partial charge in [0.1, 0.15) is 5.52 Å². The van der Waals surface area contributed by atoms with Crippen molar-refractivity contribution in [3.8, 4) is 0 Å². The Hall–Kier alpha value is -3.83. The van der Waals surface area contributed by atoms with Gasteiger partial charge in [-0.15, -0.1) is 0 Å². The maximum atomic E-state index is 13.2. The molecule has 0 radical (unpaired) electrons. The van der Waals surface area contributed by atoms with E-state index in [1.165, 1.54) is 24.4 Å². The summed E-state index contributed by atoms with van der Waals surface area (Å²) in [5.74, 6) is -0.600. The molecule has 0 atom stereocenters. The van der Waals surface area contributed by atoms with Gasteiger partial charge in [0.25, 0.3) is 15.6 Å². The fraction of sp³-hybridized carbons (Fsp3) is 0.250. The van der Waals surface area contributed by atoms with Crippen LogP contribution >= 0.6 is 0 Å². The van der Waals surface area contributed by atoms with Crippen LogP contribution in [0.3, 0.4) is 0 Å². The predicted molar refractivity (Wildman–Crippen MR) is 133 cm³/mol. The number of ether oxygens (including phenoxy) is 2. The lowest BCUT2D eigenvalue weighted by Crippen LogP contribution is -2.36. The van der Waals surface area contributed by atoms with Crippen molar-refractivity contribution in [3.05, 3.63) is 64.6 Å². The van der Waals surface area contributed by atoms with Crippen LogP contribution in [0.2, 0.25) is 0 Å². The number of aromatic amines is 2. The number of nitrogens with one attached hydrogen (secondary N) is 3. The summed E-state index contributed by atoms with van der Waals surface area (Å²) in [5, 5.41) is 0.726. The maximum Gasteiger partial charge on any atom is 0.340 e. The van der Waals surface area contributed by atoms with E-state index in [0.29, 0.717) is 35.2 Å². The minimum atomic E-state index is -3.95. The SMILES string of the molecule is CCOC(=O)c1c[nH]c2c(=O)[nH]c3ccc(S(=O)(=O)Nc4ccc(N5CCOCC5)cc4)cc3c12. The molecule has 5 rings (SSSR count). The van der Waals surface area contributed by atoms with E-state index in [2.05, 4.69) is 19.6 Å². The predicted octanol–water partition coefficient (Wildman–Crippen LogP) is 2.82. The molecule has 2 aromatic carbocycles. The zero-order valence-electron chi connectivity index (χ0n) is 19.0. The second-order valence-electron chi connectivity index (χ2n) is 8.09. The summed E-state index contributed by atoms with van der Waals surface area (Å²) in [4.78, 5) is 32.6. The molecule has 35 heavy (non-hydrogen) atoms. The van der Waals surface area contributed by atoms with Crippen molar-refractivity contribution in [2.75, 3.05) is 42.5 Å². The number of benzene rings is 2. The van der Waals surface area contributed by atoms with Crippen LogP contribution in [0, 0.1) is 0 Å². The highest BCUT2D eigenvalue weighted by Crippen LogP contribution is 2.28. The van der Waals surface area contributed by atoms with Gasteiger partial charge < -0.3 is 24.3 Å². The van der Waals surface area contributed by atoms with Crippen LogP contribution in [0.25, 0.3) is 21.8 Å². The molecule has 0 spiro atoms. The molecule has 10 nitrogen and oxygen atoms in total. The Bertz CT molecular complexity index is 1570. The van der Waals surface area contributed by atoms with Gasteiger partial charge in [-0.05, 0) is 49.4 Å². The highest BCUT2D eigenvalue weighted by Gasteiger charge is 2.21. The molecule has 2 aromatic heterocycles. The van der Waals surface area contributed by atoms with Gasteiger partial charge in [-0.2, -0.15) is 0 Å². The number of nitrogens with zero attached hydrogens (tertiary/aromatic N) is 1. The molecule has 11 heteroatoms. The lowest BCUT2D eigenvalue weighted by atomic mass is 10.1. The minimum absolute atomic E-state index is 0.00777. The third kappa shape index (κ3) is 4.35. The number of morpholine rings is 1. The number of fused-ring (bicyclic) bond motifs is 3. The normalized spacial score (nSPS) is 14.4.